The molecule has 7 rings (SSSR count). The fraction of sp³-hybridized carbons (Fsp3) is 0.162. The average Bonchev–Trinajstić information content (AvgIpc) is 3.19. The molecule has 0 aliphatic carbocycles. The molecule has 42 heavy (non-hydrogen) atoms. The quantitative estimate of drug-likeness (QED) is 0.171. The summed E-state index contributed by atoms with van der Waals surface area (Å²) in [7, 11) is 0. The number of hydrogen-bond acceptors (Lipinski definition) is 4. The molecule has 1 radical (unpaired) electrons. The third-order valence-electron chi connectivity index (χ3n) is 7.97. The van der Waals surface area contributed by atoms with Crippen molar-refractivity contribution in [2.24, 2.45) is 0 Å². The Hall–Kier alpha value is -4.18. The van der Waals surface area contributed by atoms with E-state index in [4.69, 9.17) is 14.7 Å². The van der Waals surface area contributed by atoms with Crippen LogP contribution in [-0.2, 0) is 25.5 Å². The molecule has 0 amide bonds. The van der Waals surface area contributed by atoms with Gasteiger partial charge in [0.05, 0.1) is 16.7 Å². The van der Waals surface area contributed by atoms with Gasteiger partial charge in [-0.05, 0) is 37.2 Å². The summed E-state index contributed by atoms with van der Waals surface area (Å²) in [5, 5.41) is 0. The summed E-state index contributed by atoms with van der Waals surface area (Å²) in [6.45, 7) is 8.73. The van der Waals surface area contributed by atoms with E-state index in [0.717, 1.165) is 50.6 Å². The van der Waals surface area contributed by atoms with Gasteiger partial charge >= 0.3 is 0 Å². The zero-order chi connectivity index (χ0) is 28.5. The minimum atomic E-state index is -0.287. The summed E-state index contributed by atoms with van der Waals surface area (Å²) in [5.74, 6) is 0.900. The molecule has 1 aliphatic heterocycles. The minimum absolute atomic E-state index is 0. The number of aromatic nitrogens is 3. The third kappa shape index (κ3) is 5.63. The first-order valence-electron chi connectivity index (χ1n) is 13.8. The van der Waals surface area contributed by atoms with Crippen molar-refractivity contribution in [3.05, 3.63) is 133 Å². The largest absolute Gasteiger partial charge is 0.487 e. The maximum Gasteiger partial charge on any atom is 0.126 e. The number of fused-ring (bicyclic) bond motifs is 2. The van der Waals surface area contributed by atoms with Crippen LogP contribution in [0.5, 0.6) is 5.75 Å². The van der Waals surface area contributed by atoms with Crippen molar-refractivity contribution in [3.63, 3.8) is 0 Å². The maximum absolute atomic E-state index is 6.30. The number of ether oxygens (including phenoxy) is 1. The molecule has 0 unspecified atom stereocenters. The Morgan fingerprint density at radius 3 is 1.90 bits per heavy atom. The Labute approximate surface area is 261 Å². The Balaban J connectivity index is 0.000000228. The van der Waals surface area contributed by atoms with Crippen LogP contribution in [0.1, 0.15) is 33.3 Å². The normalized spacial score (nSPS) is 14.1. The number of benzene rings is 4. The topological polar surface area (TPSA) is 47.9 Å². The van der Waals surface area contributed by atoms with Gasteiger partial charge in [-0.1, -0.05) is 56.3 Å². The van der Waals surface area contributed by atoms with Crippen molar-refractivity contribution >= 4 is 11.0 Å². The third-order valence-corrected chi connectivity index (χ3v) is 7.97. The number of rotatable bonds is 3. The molecule has 0 bridgehead atoms. The molecule has 0 spiro atoms. The van der Waals surface area contributed by atoms with E-state index in [-0.39, 0.29) is 31.1 Å². The van der Waals surface area contributed by atoms with Gasteiger partial charge in [0.25, 0.3) is 0 Å². The smallest absolute Gasteiger partial charge is 0.126 e. The first-order valence-corrected chi connectivity index (χ1v) is 13.8. The van der Waals surface area contributed by atoms with E-state index in [1.807, 2.05) is 91.0 Å². The van der Waals surface area contributed by atoms with E-state index in [9.17, 15) is 0 Å². The second-order valence-corrected chi connectivity index (χ2v) is 11.1. The molecule has 4 nitrogen and oxygen atoms in total. The van der Waals surface area contributed by atoms with Crippen LogP contribution >= 0.6 is 0 Å². The van der Waals surface area contributed by atoms with Crippen LogP contribution < -0.4 is 4.74 Å². The van der Waals surface area contributed by atoms with E-state index in [0.29, 0.717) is 0 Å². The van der Waals surface area contributed by atoms with E-state index in [1.54, 1.807) is 6.20 Å². The molecular formula is C37H31IrN3O-2. The summed E-state index contributed by atoms with van der Waals surface area (Å²) < 4.78 is 6.30. The van der Waals surface area contributed by atoms with Crippen molar-refractivity contribution in [2.75, 3.05) is 0 Å². The van der Waals surface area contributed by atoms with Crippen LogP contribution in [0.15, 0.2) is 115 Å². The van der Waals surface area contributed by atoms with Gasteiger partial charge in [0.1, 0.15) is 11.4 Å². The second kappa shape index (κ2) is 12.0. The average molecular weight is 726 g/mol. The number of nitrogens with zero attached hydrogens (tertiary/aromatic N) is 3. The first-order chi connectivity index (χ1) is 19.8. The standard InChI is InChI=1S/C26H23N2O.C11H8N.Ir/c1-25(2)19-15-20-21(16-22(19)29-26(25,3)4)28-24(18-13-9-6-10-14-18)23(27-20)17-11-7-5-8-12-17;1-2-6-10(7-3-1)11-8-4-5-9-12-11;/h5-13,15-16H,1-4H3;1-6,8-9H;/q2*-1;. The molecule has 6 aromatic rings. The van der Waals surface area contributed by atoms with Crippen molar-refractivity contribution in [1.82, 2.24) is 15.0 Å². The zero-order valence-electron chi connectivity index (χ0n) is 24.1. The van der Waals surface area contributed by atoms with Crippen LogP contribution in [0.25, 0.3) is 44.8 Å². The van der Waals surface area contributed by atoms with Gasteiger partial charge in [0.15, 0.2) is 0 Å². The molecule has 0 fully saturated rings. The summed E-state index contributed by atoms with van der Waals surface area (Å²) in [6, 6.07) is 42.4. The summed E-state index contributed by atoms with van der Waals surface area (Å²) in [6.07, 6.45) is 1.79. The molecule has 0 saturated heterocycles. The van der Waals surface area contributed by atoms with E-state index in [1.165, 1.54) is 5.56 Å². The Bertz CT molecular complexity index is 1750. The van der Waals surface area contributed by atoms with E-state index in [2.05, 4.69) is 63.0 Å². The number of hydrogen-bond donors (Lipinski definition) is 0. The fourth-order valence-corrected chi connectivity index (χ4v) is 4.98. The van der Waals surface area contributed by atoms with Crippen molar-refractivity contribution in [2.45, 2.75) is 38.7 Å². The number of pyridine rings is 1. The molecule has 0 saturated carbocycles. The van der Waals surface area contributed by atoms with Gasteiger partial charge in [0.2, 0.25) is 0 Å². The van der Waals surface area contributed by atoms with Gasteiger partial charge in [-0.2, -0.15) is 0 Å². The van der Waals surface area contributed by atoms with Crippen LogP contribution in [0.3, 0.4) is 0 Å². The Morgan fingerprint density at radius 2 is 1.26 bits per heavy atom. The molecular weight excluding hydrogens is 695 g/mol. The first kappa shape index (κ1) is 29.3. The van der Waals surface area contributed by atoms with Crippen LogP contribution in [-0.4, -0.2) is 20.6 Å². The van der Waals surface area contributed by atoms with Crippen molar-refractivity contribution < 1.29 is 24.8 Å². The van der Waals surface area contributed by atoms with Gasteiger partial charge in [-0.25, -0.2) is 0 Å². The molecule has 1 aliphatic rings. The minimum Gasteiger partial charge on any atom is -0.487 e. The van der Waals surface area contributed by atoms with Crippen LogP contribution in [0.2, 0.25) is 0 Å². The fourth-order valence-electron chi connectivity index (χ4n) is 4.98. The predicted octanol–water partition coefficient (Wildman–Crippen LogP) is 8.76. The summed E-state index contributed by atoms with van der Waals surface area (Å²) >= 11 is 0. The predicted molar refractivity (Wildman–Crippen MR) is 165 cm³/mol. The molecule has 0 N–H and O–H groups in total. The van der Waals surface area contributed by atoms with E-state index >= 15 is 0 Å². The molecule has 0 atom stereocenters. The second-order valence-electron chi connectivity index (χ2n) is 11.1. The van der Waals surface area contributed by atoms with Gasteiger partial charge in [-0.3, -0.25) is 9.97 Å². The zero-order valence-corrected chi connectivity index (χ0v) is 26.4. The monoisotopic (exact) mass is 726 g/mol. The SMILES string of the molecule is CC1(C)Oc2cc3nc(-c4[c-]cccc4)c(-c4ccccc4)nc3cc2C1(C)C.[Ir].[c-]1ccccc1-c1ccccn1. The molecule has 5 heteroatoms. The maximum atomic E-state index is 6.30. The molecule has 4 aromatic carbocycles. The van der Waals surface area contributed by atoms with Crippen molar-refractivity contribution in [1.29, 1.82) is 0 Å². The van der Waals surface area contributed by atoms with Gasteiger partial charge in [0, 0.05) is 49.0 Å². The van der Waals surface area contributed by atoms with Gasteiger partial charge < -0.3 is 9.72 Å². The van der Waals surface area contributed by atoms with E-state index < -0.39 is 0 Å². The Kier molecular flexibility index (Phi) is 8.36. The molecule has 2 aromatic heterocycles. The van der Waals surface area contributed by atoms with Gasteiger partial charge in [-0.15, -0.1) is 71.8 Å². The molecule has 211 valence electrons. The van der Waals surface area contributed by atoms with Crippen LogP contribution in [0.4, 0.5) is 0 Å². The van der Waals surface area contributed by atoms with Crippen LogP contribution in [0, 0.1) is 12.1 Å². The summed E-state index contributed by atoms with van der Waals surface area (Å²) in [4.78, 5) is 14.3. The summed E-state index contributed by atoms with van der Waals surface area (Å²) in [5.41, 5.74) is 8.20. The Morgan fingerprint density at radius 1 is 0.643 bits per heavy atom. The molecule has 3 heterocycles. The van der Waals surface area contributed by atoms with Crippen molar-refractivity contribution in [3.8, 4) is 39.5 Å².